The third-order valence-corrected chi connectivity index (χ3v) is 3.17. The van der Waals surface area contributed by atoms with Crippen molar-refractivity contribution in [1.82, 2.24) is 15.0 Å². The van der Waals surface area contributed by atoms with Crippen LogP contribution in [0, 0.1) is 0 Å². The van der Waals surface area contributed by atoms with Gasteiger partial charge < -0.3 is 10.5 Å². The number of hydrogen-bond acceptors (Lipinski definition) is 7. The average molecular weight is 276 g/mol. The topological polar surface area (TPSA) is 91.0 Å². The molecule has 0 bridgehead atoms. The van der Waals surface area contributed by atoms with Gasteiger partial charge >= 0.3 is 0 Å². The summed E-state index contributed by atoms with van der Waals surface area (Å²) < 4.78 is 5.03. The lowest BCUT2D eigenvalue weighted by atomic mass is 10.1. The maximum atomic E-state index is 11.9. The van der Waals surface area contributed by atoms with E-state index in [1.807, 2.05) is 0 Å². The van der Waals surface area contributed by atoms with Crippen LogP contribution in [0.1, 0.15) is 10.4 Å². The number of nitrogen functional groups attached to an aromatic ring is 1. The number of nitrogens with zero attached hydrogens (tertiary/aromatic N) is 3. The summed E-state index contributed by atoms with van der Waals surface area (Å²) in [5, 5.41) is 0.439. The fourth-order valence-corrected chi connectivity index (χ4v) is 2.06. The van der Waals surface area contributed by atoms with E-state index in [0.29, 0.717) is 10.7 Å². The number of nitrogens with two attached hydrogens (primary N) is 1. The molecule has 0 saturated heterocycles. The third kappa shape index (κ3) is 3.65. The molecule has 98 valence electrons. The highest BCUT2D eigenvalue weighted by Crippen LogP contribution is 2.16. The van der Waals surface area contributed by atoms with Crippen molar-refractivity contribution in [2.75, 3.05) is 18.6 Å². The Bertz CT molecular complexity index is 574. The Labute approximate surface area is 114 Å². The van der Waals surface area contributed by atoms with Gasteiger partial charge in [-0.15, -0.1) is 0 Å². The summed E-state index contributed by atoms with van der Waals surface area (Å²) in [5.41, 5.74) is 6.05. The Balaban J connectivity index is 1.97. The average Bonchev–Trinajstić information content (AvgIpc) is 2.45. The van der Waals surface area contributed by atoms with Crippen LogP contribution in [0.2, 0.25) is 0 Å². The third-order valence-electron chi connectivity index (χ3n) is 2.31. The number of Topliss-reactive ketones (excluding diaryl/α,β-unsaturated/α-hetero) is 1. The molecule has 0 fully saturated rings. The summed E-state index contributed by atoms with van der Waals surface area (Å²) in [7, 11) is 1.58. The maximum absolute atomic E-state index is 11.9. The van der Waals surface area contributed by atoms with Crippen LogP contribution in [0.25, 0.3) is 0 Å². The predicted molar refractivity (Wildman–Crippen MR) is 72.3 cm³/mol. The smallest absolute Gasteiger partial charge is 0.223 e. The van der Waals surface area contributed by atoms with E-state index in [2.05, 4.69) is 15.0 Å². The highest BCUT2D eigenvalue weighted by molar-refractivity contribution is 7.99. The molecule has 2 rings (SSSR count). The van der Waals surface area contributed by atoms with Gasteiger partial charge in [0, 0.05) is 5.56 Å². The molecule has 2 N–H and O–H groups in total. The SMILES string of the molecule is COc1ccc(C(=O)CSc2ncnc(N)n2)cc1. The highest BCUT2D eigenvalue weighted by Gasteiger charge is 2.08. The van der Waals surface area contributed by atoms with E-state index in [1.165, 1.54) is 18.1 Å². The van der Waals surface area contributed by atoms with E-state index >= 15 is 0 Å². The summed E-state index contributed by atoms with van der Waals surface area (Å²) in [4.78, 5) is 23.5. The van der Waals surface area contributed by atoms with Crippen LogP contribution in [0.5, 0.6) is 5.75 Å². The Hall–Kier alpha value is -2.15. The number of benzene rings is 1. The van der Waals surface area contributed by atoms with E-state index in [0.717, 1.165) is 5.75 Å². The van der Waals surface area contributed by atoms with Crippen LogP contribution in [-0.2, 0) is 0 Å². The quantitative estimate of drug-likeness (QED) is 0.652. The Kier molecular flexibility index (Phi) is 4.30. The molecule has 19 heavy (non-hydrogen) atoms. The molecule has 1 aromatic carbocycles. The number of ketones is 1. The van der Waals surface area contributed by atoms with Crippen molar-refractivity contribution < 1.29 is 9.53 Å². The molecule has 2 aromatic rings. The lowest BCUT2D eigenvalue weighted by molar-refractivity contribution is 0.102. The first-order valence-corrected chi connectivity index (χ1v) is 6.42. The minimum atomic E-state index is -0.00774. The molecule has 0 saturated carbocycles. The molecule has 0 atom stereocenters. The van der Waals surface area contributed by atoms with Crippen molar-refractivity contribution in [2.45, 2.75) is 5.16 Å². The van der Waals surface area contributed by atoms with Gasteiger partial charge in [-0.1, -0.05) is 11.8 Å². The monoisotopic (exact) mass is 276 g/mol. The molecule has 1 heterocycles. The van der Waals surface area contributed by atoms with Gasteiger partial charge in [-0.2, -0.15) is 4.98 Å². The summed E-state index contributed by atoms with van der Waals surface area (Å²) >= 11 is 1.22. The van der Waals surface area contributed by atoms with Crippen LogP contribution in [0.4, 0.5) is 5.95 Å². The van der Waals surface area contributed by atoms with E-state index in [4.69, 9.17) is 10.5 Å². The summed E-state index contributed by atoms with van der Waals surface area (Å²) in [6.45, 7) is 0. The lowest BCUT2D eigenvalue weighted by Gasteiger charge is -2.02. The van der Waals surface area contributed by atoms with Gasteiger partial charge in [-0.3, -0.25) is 4.79 Å². The van der Waals surface area contributed by atoms with Crippen molar-refractivity contribution in [1.29, 1.82) is 0 Å². The first kappa shape index (κ1) is 13.3. The molecule has 0 amide bonds. The summed E-state index contributed by atoms with van der Waals surface area (Å²) in [6.07, 6.45) is 1.32. The molecule has 0 aliphatic rings. The van der Waals surface area contributed by atoms with E-state index in [-0.39, 0.29) is 17.5 Å². The van der Waals surface area contributed by atoms with Gasteiger partial charge in [0.2, 0.25) is 5.95 Å². The van der Waals surface area contributed by atoms with Crippen molar-refractivity contribution in [3.63, 3.8) is 0 Å². The summed E-state index contributed by atoms with van der Waals surface area (Å²) in [5.74, 6) is 1.10. The van der Waals surface area contributed by atoms with Crippen LogP contribution in [0.15, 0.2) is 35.7 Å². The zero-order chi connectivity index (χ0) is 13.7. The number of carbonyl (C=O) groups excluding carboxylic acids is 1. The number of ether oxygens (including phenoxy) is 1. The molecule has 1 aromatic heterocycles. The van der Waals surface area contributed by atoms with Gasteiger partial charge in [0.25, 0.3) is 0 Å². The van der Waals surface area contributed by atoms with Crippen LogP contribution >= 0.6 is 11.8 Å². The fourth-order valence-electron chi connectivity index (χ4n) is 1.35. The molecule has 7 heteroatoms. The number of methoxy groups -OCH3 is 1. The molecule has 0 spiro atoms. The molecule has 6 nitrogen and oxygen atoms in total. The van der Waals surface area contributed by atoms with Gasteiger partial charge in [-0.05, 0) is 24.3 Å². The molecule has 0 radical (unpaired) electrons. The highest BCUT2D eigenvalue weighted by atomic mass is 32.2. The predicted octanol–water partition coefficient (Wildman–Crippen LogP) is 1.44. The Morgan fingerprint density at radius 2 is 2.05 bits per heavy atom. The van der Waals surface area contributed by atoms with Crippen molar-refractivity contribution in [3.8, 4) is 5.75 Å². The van der Waals surface area contributed by atoms with Crippen LogP contribution < -0.4 is 10.5 Å². The van der Waals surface area contributed by atoms with Crippen LogP contribution in [-0.4, -0.2) is 33.6 Å². The molecular formula is C12H12N4O2S. The molecule has 0 aliphatic carbocycles. The van der Waals surface area contributed by atoms with Crippen molar-refractivity contribution >= 4 is 23.5 Å². The summed E-state index contributed by atoms with van der Waals surface area (Å²) in [6, 6.07) is 6.95. The van der Waals surface area contributed by atoms with Crippen LogP contribution in [0.3, 0.4) is 0 Å². The normalized spacial score (nSPS) is 10.2. The number of rotatable bonds is 5. The molecule has 0 aliphatic heterocycles. The number of carbonyl (C=O) groups is 1. The van der Waals surface area contributed by atoms with Gasteiger partial charge in [0.1, 0.15) is 12.1 Å². The Morgan fingerprint density at radius 1 is 1.32 bits per heavy atom. The number of aromatic nitrogens is 3. The lowest BCUT2D eigenvalue weighted by Crippen LogP contribution is -2.04. The second-order valence-electron chi connectivity index (χ2n) is 3.57. The number of anilines is 1. The van der Waals surface area contributed by atoms with E-state index in [1.54, 1.807) is 31.4 Å². The zero-order valence-electron chi connectivity index (χ0n) is 10.2. The van der Waals surface area contributed by atoms with Gasteiger partial charge in [-0.25, -0.2) is 9.97 Å². The van der Waals surface area contributed by atoms with Gasteiger partial charge in [0.15, 0.2) is 10.9 Å². The van der Waals surface area contributed by atoms with E-state index in [9.17, 15) is 4.79 Å². The second-order valence-corrected chi connectivity index (χ2v) is 4.51. The zero-order valence-corrected chi connectivity index (χ0v) is 11.1. The van der Waals surface area contributed by atoms with Crippen molar-refractivity contribution in [2.24, 2.45) is 0 Å². The minimum Gasteiger partial charge on any atom is -0.497 e. The van der Waals surface area contributed by atoms with E-state index < -0.39 is 0 Å². The number of thioether (sulfide) groups is 1. The van der Waals surface area contributed by atoms with Gasteiger partial charge in [0.05, 0.1) is 12.9 Å². The maximum Gasteiger partial charge on any atom is 0.223 e. The standard InChI is InChI=1S/C12H12N4O2S/c1-18-9-4-2-8(3-5-9)10(17)6-19-12-15-7-14-11(13)16-12/h2-5,7H,6H2,1H3,(H2,13,14,15,16). The van der Waals surface area contributed by atoms with Crippen molar-refractivity contribution in [3.05, 3.63) is 36.2 Å². The Morgan fingerprint density at radius 3 is 2.68 bits per heavy atom. The largest absolute Gasteiger partial charge is 0.497 e. The number of hydrogen-bond donors (Lipinski definition) is 1. The molecule has 0 unspecified atom stereocenters. The second kappa shape index (κ2) is 6.14. The molecular weight excluding hydrogens is 264 g/mol. The first-order valence-electron chi connectivity index (χ1n) is 5.43. The fraction of sp³-hybridized carbons (Fsp3) is 0.167. The first-order chi connectivity index (χ1) is 9.19. The minimum absolute atomic E-state index is 0.00774.